The van der Waals surface area contributed by atoms with E-state index in [4.69, 9.17) is 0 Å². The standard InChI is InChI=1S/C25H23FN2O2/c26-22-10-4-5-11-23(22)27-25(30)28-16-6-9-21(17-28)24(29)20-14-12-19(13-15-20)18-7-2-1-3-8-18/h1-5,7-8,10-15,21H,6,9,16-17H2,(H,27,30)/t21-/m0/s1. The van der Waals surface area contributed by atoms with Crippen molar-refractivity contribution in [1.82, 2.24) is 4.90 Å². The zero-order valence-corrected chi connectivity index (χ0v) is 16.6. The molecule has 1 fully saturated rings. The summed E-state index contributed by atoms with van der Waals surface area (Å²) in [6, 6.07) is 23.3. The molecule has 30 heavy (non-hydrogen) atoms. The Morgan fingerprint density at radius 1 is 0.867 bits per heavy atom. The van der Waals surface area contributed by atoms with E-state index in [1.54, 1.807) is 17.0 Å². The van der Waals surface area contributed by atoms with Crippen LogP contribution in [-0.4, -0.2) is 29.8 Å². The summed E-state index contributed by atoms with van der Waals surface area (Å²) >= 11 is 0. The molecule has 1 atom stereocenters. The molecule has 0 radical (unpaired) electrons. The normalized spacial score (nSPS) is 16.2. The van der Waals surface area contributed by atoms with Gasteiger partial charge < -0.3 is 10.2 Å². The number of nitrogens with one attached hydrogen (secondary N) is 1. The van der Waals surface area contributed by atoms with Crippen LogP contribution in [0.3, 0.4) is 0 Å². The van der Waals surface area contributed by atoms with E-state index in [2.05, 4.69) is 5.32 Å². The summed E-state index contributed by atoms with van der Waals surface area (Å²) in [7, 11) is 0. The highest BCUT2D eigenvalue weighted by atomic mass is 19.1. The molecule has 4 nitrogen and oxygen atoms in total. The number of carbonyl (C=O) groups is 2. The Kier molecular flexibility index (Phi) is 5.89. The second kappa shape index (κ2) is 8.91. The van der Waals surface area contributed by atoms with Gasteiger partial charge in [0, 0.05) is 24.6 Å². The van der Waals surface area contributed by atoms with E-state index in [0.717, 1.165) is 24.0 Å². The number of rotatable bonds is 4. The number of hydrogen-bond donors (Lipinski definition) is 1. The zero-order valence-electron chi connectivity index (χ0n) is 16.6. The van der Waals surface area contributed by atoms with Gasteiger partial charge in [-0.1, -0.05) is 66.7 Å². The molecule has 0 unspecified atom stereocenters. The van der Waals surface area contributed by atoms with Crippen molar-refractivity contribution in [2.45, 2.75) is 12.8 Å². The highest BCUT2D eigenvalue weighted by molar-refractivity contribution is 5.99. The molecule has 0 spiro atoms. The summed E-state index contributed by atoms with van der Waals surface area (Å²) in [6.45, 7) is 0.885. The number of urea groups is 1. The number of piperidine rings is 1. The van der Waals surface area contributed by atoms with Crippen molar-refractivity contribution in [3.8, 4) is 11.1 Å². The minimum atomic E-state index is -0.478. The summed E-state index contributed by atoms with van der Waals surface area (Å²) in [4.78, 5) is 27.2. The van der Waals surface area contributed by atoms with Crippen molar-refractivity contribution in [3.63, 3.8) is 0 Å². The smallest absolute Gasteiger partial charge is 0.321 e. The van der Waals surface area contributed by atoms with Crippen LogP contribution in [0.2, 0.25) is 0 Å². The SMILES string of the molecule is O=C(c1ccc(-c2ccccc2)cc1)[C@H]1CCCN(C(=O)Nc2ccccc2F)C1. The van der Waals surface area contributed by atoms with Gasteiger partial charge in [-0.3, -0.25) is 4.79 Å². The van der Waals surface area contributed by atoms with Crippen LogP contribution in [0.5, 0.6) is 0 Å². The molecule has 1 aliphatic heterocycles. The van der Waals surface area contributed by atoms with Crippen LogP contribution < -0.4 is 5.32 Å². The number of ketones is 1. The molecule has 2 amide bonds. The average molecular weight is 402 g/mol. The van der Waals surface area contributed by atoms with Crippen molar-refractivity contribution in [3.05, 3.63) is 90.2 Å². The number of benzene rings is 3. The van der Waals surface area contributed by atoms with E-state index < -0.39 is 5.82 Å². The molecule has 1 aliphatic rings. The Morgan fingerprint density at radius 3 is 2.27 bits per heavy atom. The Labute approximate surface area is 175 Å². The van der Waals surface area contributed by atoms with Crippen LogP contribution in [0.15, 0.2) is 78.9 Å². The summed E-state index contributed by atoms with van der Waals surface area (Å²) in [5.41, 5.74) is 2.95. The molecule has 1 heterocycles. The quantitative estimate of drug-likeness (QED) is 0.576. The van der Waals surface area contributed by atoms with Gasteiger partial charge in [-0.2, -0.15) is 0 Å². The molecule has 0 bridgehead atoms. The highest BCUT2D eigenvalue weighted by Gasteiger charge is 2.29. The fourth-order valence-corrected chi connectivity index (χ4v) is 3.83. The molecule has 152 valence electrons. The maximum absolute atomic E-state index is 13.8. The minimum Gasteiger partial charge on any atom is -0.324 e. The van der Waals surface area contributed by atoms with E-state index in [-0.39, 0.29) is 23.4 Å². The monoisotopic (exact) mass is 402 g/mol. The van der Waals surface area contributed by atoms with Crippen LogP contribution in [0.4, 0.5) is 14.9 Å². The summed E-state index contributed by atoms with van der Waals surface area (Å²) in [5, 5.41) is 2.61. The summed E-state index contributed by atoms with van der Waals surface area (Å²) in [5.74, 6) is -0.695. The molecular formula is C25H23FN2O2. The van der Waals surface area contributed by atoms with Crippen molar-refractivity contribution in [1.29, 1.82) is 0 Å². The first kappa shape index (κ1) is 19.8. The molecule has 0 saturated carbocycles. The number of nitrogens with zero attached hydrogens (tertiary/aromatic N) is 1. The number of anilines is 1. The van der Waals surface area contributed by atoms with E-state index in [1.165, 1.54) is 12.1 Å². The first-order valence-electron chi connectivity index (χ1n) is 10.1. The third-order valence-corrected chi connectivity index (χ3v) is 5.47. The maximum Gasteiger partial charge on any atom is 0.321 e. The molecule has 1 N–H and O–H groups in total. The van der Waals surface area contributed by atoms with Gasteiger partial charge in [0.25, 0.3) is 0 Å². The van der Waals surface area contributed by atoms with Gasteiger partial charge in [-0.05, 0) is 36.1 Å². The first-order chi connectivity index (χ1) is 14.6. The molecule has 5 heteroatoms. The number of likely N-dealkylation sites (tertiary alicyclic amines) is 1. The number of Topliss-reactive ketones (excluding diaryl/α,β-unsaturated/α-hetero) is 1. The van der Waals surface area contributed by atoms with E-state index in [1.807, 2.05) is 54.6 Å². The van der Waals surface area contributed by atoms with Crippen molar-refractivity contribution in [2.75, 3.05) is 18.4 Å². The topological polar surface area (TPSA) is 49.4 Å². The van der Waals surface area contributed by atoms with Crippen LogP contribution in [0, 0.1) is 11.7 Å². The highest BCUT2D eigenvalue weighted by Crippen LogP contribution is 2.24. The number of carbonyl (C=O) groups excluding carboxylic acids is 2. The van der Waals surface area contributed by atoms with Crippen molar-refractivity contribution < 1.29 is 14.0 Å². The fraction of sp³-hybridized carbons (Fsp3) is 0.200. The lowest BCUT2D eigenvalue weighted by Gasteiger charge is -2.32. The number of para-hydroxylation sites is 1. The molecule has 1 saturated heterocycles. The van der Waals surface area contributed by atoms with Gasteiger partial charge in [0.15, 0.2) is 5.78 Å². The van der Waals surface area contributed by atoms with Crippen LogP contribution in [0.1, 0.15) is 23.2 Å². The molecule has 3 aromatic carbocycles. The number of hydrogen-bond acceptors (Lipinski definition) is 2. The Balaban J connectivity index is 1.42. The van der Waals surface area contributed by atoms with Gasteiger partial charge in [0.05, 0.1) is 5.69 Å². The number of halogens is 1. The van der Waals surface area contributed by atoms with Crippen LogP contribution in [0.25, 0.3) is 11.1 Å². The molecular weight excluding hydrogens is 379 g/mol. The summed E-state index contributed by atoms with van der Waals surface area (Å²) < 4.78 is 13.8. The first-order valence-corrected chi connectivity index (χ1v) is 10.1. The van der Waals surface area contributed by atoms with Gasteiger partial charge in [-0.25, -0.2) is 9.18 Å². The maximum atomic E-state index is 13.8. The van der Waals surface area contributed by atoms with Gasteiger partial charge in [0.1, 0.15) is 5.82 Å². The lowest BCUT2D eigenvalue weighted by molar-refractivity contribution is 0.0851. The average Bonchev–Trinajstić information content (AvgIpc) is 2.81. The van der Waals surface area contributed by atoms with Crippen molar-refractivity contribution >= 4 is 17.5 Å². The summed E-state index contributed by atoms with van der Waals surface area (Å²) in [6.07, 6.45) is 1.48. The third kappa shape index (κ3) is 4.40. The molecule has 0 aliphatic carbocycles. The van der Waals surface area contributed by atoms with E-state index >= 15 is 0 Å². The van der Waals surface area contributed by atoms with E-state index in [9.17, 15) is 14.0 Å². The number of amides is 2. The lowest BCUT2D eigenvalue weighted by Crippen LogP contribution is -2.44. The molecule has 4 rings (SSSR count). The lowest BCUT2D eigenvalue weighted by atomic mass is 9.89. The predicted molar refractivity (Wildman–Crippen MR) is 116 cm³/mol. The Hall–Kier alpha value is -3.47. The fourth-order valence-electron chi connectivity index (χ4n) is 3.83. The molecule has 0 aromatic heterocycles. The van der Waals surface area contributed by atoms with Crippen LogP contribution >= 0.6 is 0 Å². The van der Waals surface area contributed by atoms with E-state index in [0.29, 0.717) is 18.7 Å². The largest absolute Gasteiger partial charge is 0.324 e. The van der Waals surface area contributed by atoms with Gasteiger partial charge >= 0.3 is 6.03 Å². The van der Waals surface area contributed by atoms with Gasteiger partial charge in [-0.15, -0.1) is 0 Å². The van der Waals surface area contributed by atoms with Crippen molar-refractivity contribution in [2.24, 2.45) is 5.92 Å². The Bertz CT molecular complexity index is 1030. The van der Waals surface area contributed by atoms with Gasteiger partial charge in [0.2, 0.25) is 0 Å². The predicted octanol–water partition coefficient (Wildman–Crippen LogP) is 5.62. The Morgan fingerprint density at radius 2 is 1.53 bits per heavy atom. The zero-order chi connectivity index (χ0) is 20.9. The second-order valence-corrected chi connectivity index (χ2v) is 7.50. The molecule has 3 aromatic rings. The third-order valence-electron chi connectivity index (χ3n) is 5.47. The minimum absolute atomic E-state index is 0.0398. The van der Waals surface area contributed by atoms with Crippen LogP contribution in [-0.2, 0) is 0 Å². The second-order valence-electron chi connectivity index (χ2n) is 7.50.